The Hall–Kier alpha value is -2.54. The highest BCUT2D eigenvalue weighted by Gasteiger charge is 2.30. The lowest BCUT2D eigenvalue weighted by Crippen LogP contribution is -2.46. The minimum absolute atomic E-state index is 0.0547. The molecule has 2 N–H and O–H groups in total. The molecule has 0 bridgehead atoms. The molecule has 8 heteroatoms. The molecule has 2 rings (SSSR count). The molecule has 0 fully saturated rings. The predicted molar refractivity (Wildman–Crippen MR) is 92.6 cm³/mol. The summed E-state index contributed by atoms with van der Waals surface area (Å²) in [6.07, 6.45) is -0.810. The number of carboxylic acid groups (broad SMARTS) is 1. The van der Waals surface area contributed by atoms with Crippen molar-refractivity contribution in [2.45, 2.75) is 39.5 Å². The molecule has 0 spiro atoms. The zero-order valence-electron chi connectivity index (χ0n) is 14.2. The van der Waals surface area contributed by atoms with E-state index >= 15 is 0 Å². The van der Waals surface area contributed by atoms with E-state index in [4.69, 9.17) is 16.3 Å². The molecule has 134 valence electrons. The number of carboxylic acids is 1. The van der Waals surface area contributed by atoms with E-state index in [1.165, 1.54) is 4.68 Å². The fourth-order valence-electron chi connectivity index (χ4n) is 2.46. The maximum Gasteiger partial charge on any atom is 0.408 e. The van der Waals surface area contributed by atoms with Crippen LogP contribution >= 0.6 is 11.6 Å². The number of hydrogen-bond donors (Lipinski definition) is 2. The number of nitrogens with zero attached hydrogens (tertiary/aromatic N) is 2. The quantitative estimate of drug-likeness (QED) is 0.820. The van der Waals surface area contributed by atoms with E-state index < -0.39 is 24.1 Å². The van der Waals surface area contributed by atoms with E-state index in [9.17, 15) is 14.7 Å². The minimum Gasteiger partial charge on any atom is -0.480 e. The Bertz CT molecular complexity index is 761. The molecule has 2 unspecified atom stereocenters. The fourth-order valence-corrected chi connectivity index (χ4v) is 2.59. The van der Waals surface area contributed by atoms with Gasteiger partial charge in [0.05, 0.1) is 22.5 Å². The van der Waals surface area contributed by atoms with Gasteiger partial charge in [-0.3, -0.25) is 4.68 Å². The number of halogens is 1. The standard InChI is InChI=1S/C17H20ClN3O4/c1-10-14(18)11(2)21(20-10)12(3)15(16(22)23)19-17(24)25-9-13-7-5-4-6-8-13/h4-8,12,15H,9H2,1-3H3,(H,19,24)(H,22,23). The van der Waals surface area contributed by atoms with Crippen molar-refractivity contribution in [2.75, 3.05) is 0 Å². The molecular weight excluding hydrogens is 346 g/mol. The third-order valence-electron chi connectivity index (χ3n) is 3.86. The summed E-state index contributed by atoms with van der Waals surface area (Å²) in [5.41, 5.74) is 2.04. The third kappa shape index (κ3) is 4.51. The number of amides is 1. The average Bonchev–Trinajstić information content (AvgIpc) is 2.85. The summed E-state index contributed by atoms with van der Waals surface area (Å²) >= 11 is 6.11. The monoisotopic (exact) mass is 365 g/mol. The van der Waals surface area contributed by atoms with Crippen LogP contribution in [0.25, 0.3) is 0 Å². The number of alkyl carbamates (subject to hydrolysis) is 1. The molecule has 0 aliphatic carbocycles. The van der Waals surface area contributed by atoms with Gasteiger partial charge >= 0.3 is 12.1 Å². The summed E-state index contributed by atoms with van der Waals surface area (Å²) in [6.45, 7) is 5.17. The Kier molecular flexibility index (Phi) is 6.03. The number of aromatic nitrogens is 2. The van der Waals surface area contributed by atoms with E-state index in [1.54, 1.807) is 20.8 Å². The van der Waals surface area contributed by atoms with Crippen molar-refractivity contribution >= 4 is 23.7 Å². The number of benzene rings is 1. The summed E-state index contributed by atoms with van der Waals surface area (Å²) in [6, 6.07) is 7.26. The van der Waals surface area contributed by atoms with Crippen molar-refractivity contribution in [2.24, 2.45) is 0 Å². The highest BCUT2D eigenvalue weighted by molar-refractivity contribution is 6.31. The normalized spacial score (nSPS) is 13.1. The molecular formula is C17H20ClN3O4. The summed E-state index contributed by atoms with van der Waals surface area (Å²) in [5, 5.41) is 16.6. The van der Waals surface area contributed by atoms with Gasteiger partial charge < -0.3 is 15.2 Å². The van der Waals surface area contributed by atoms with Crippen molar-refractivity contribution in [1.29, 1.82) is 0 Å². The van der Waals surface area contributed by atoms with Crippen LogP contribution in [-0.2, 0) is 16.1 Å². The number of carbonyl (C=O) groups is 2. The van der Waals surface area contributed by atoms with Gasteiger partial charge in [-0.15, -0.1) is 0 Å². The van der Waals surface area contributed by atoms with E-state index in [2.05, 4.69) is 10.4 Å². The molecule has 7 nitrogen and oxygen atoms in total. The second-order valence-electron chi connectivity index (χ2n) is 5.69. The van der Waals surface area contributed by atoms with Gasteiger partial charge in [-0.05, 0) is 26.3 Å². The summed E-state index contributed by atoms with van der Waals surface area (Å²) in [5.74, 6) is -1.19. The molecule has 0 saturated carbocycles. The fraction of sp³-hybridized carbons (Fsp3) is 0.353. The topological polar surface area (TPSA) is 93.5 Å². The molecule has 1 heterocycles. The van der Waals surface area contributed by atoms with Crippen LogP contribution in [0.2, 0.25) is 5.02 Å². The van der Waals surface area contributed by atoms with Gasteiger partial charge in [-0.2, -0.15) is 5.10 Å². The first-order valence-electron chi connectivity index (χ1n) is 7.72. The van der Waals surface area contributed by atoms with Gasteiger partial charge in [0.1, 0.15) is 6.61 Å². The Morgan fingerprint density at radius 2 is 1.96 bits per heavy atom. The SMILES string of the molecule is Cc1nn(C(C)C(NC(=O)OCc2ccccc2)C(=O)O)c(C)c1Cl. The third-order valence-corrected chi connectivity index (χ3v) is 4.40. The summed E-state index contributed by atoms with van der Waals surface area (Å²) < 4.78 is 6.58. The largest absolute Gasteiger partial charge is 0.480 e. The zero-order valence-corrected chi connectivity index (χ0v) is 14.9. The van der Waals surface area contributed by atoms with E-state index in [0.29, 0.717) is 16.4 Å². The molecule has 0 aliphatic rings. The Morgan fingerprint density at radius 3 is 2.48 bits per heavy atom. The number of carbonyl (C=O) groups excluding carboxylic acids is 1. The van der Waals surface area contributed by atoms with Gasteiger partial charge in [-0.25, -0.2) is 9.59 Å². The van der Waals surface area contributed by atoms with Gasteiger partial charge in [0.15, 0.2) is 6.04 Å². The Morgan fingerprint density at radius 1 is 1.32 bits per heavy atom. The second kappa shape index (κ2) is 8.02. The van der Waals surface area contributed by atoms with E-state index in [-0.39, 0.29) is 6.61 Å². The molecule has 1 amide bonds. The van der Waals surface area contributed by atoms with Crippen LogP contribution in [0.3, 0.4) is 0 Å². The average molecular weight is 366 g/mol. The second-order valence-corrected chi connectivity index (χ2v) is 6.07. The van der Waals surface area contributed by atoms with Crippen LogP contribution in [0.15, 0.2) is 30.3 Å². The number of rotatable bonds is 6. The first-order chi connectivity index (χ1) is 11.8. The Balaban J connectivity index is 2.06. The van der Waals surface area contributed by atoms with Crippen LogP contribution in [0, 0.1) is 13.8 Å². The molecule has 0 saturated heterocycles. The summed E-state index contributed by atoms with van der Waals surface area (Å²) in [4.78, 5) is 23.6. The lowest BCUT2D eigenvalue weighted by atomic mass is 10.1. The van der Waals surface area contributed by atoms with Crippen molar-refractivity contribution < 1.29 is 19.4 Å². The molecule has 0 aliphatic heterocycles. The van der Waals surface area contributed by atoms with Crippen LogP contribution in [0.1, 0.15) is 29.9 Å². The van der Waals surface area contributed by atoms with Gasteiger partial charge in [0.2, 0.25) is 0 Å². The molecule has 25 heavy (non-hydrogen) atoms. The van der Waals surface area contributed by atoms with Crippen molar-refractivity contribution in [3.8, 4) is 0 Å². The summed E-state index contributed by atoms with van der Waals surface area (Å²) in [7, 11) is 0. The maximum absolute atomic E-state index is 12.0. The smallest absolute Gasteiger partial charge is 0.408 e. The molecule has 2 atom stereocenters. The lowest BCUT2D eigenvalue weighted by molar-refractivity contribution is -0.140. The number of aryl methyl sites for hydroxylation is 1. The zero-order chi connectivity index (χ0) is 18.6. The lowest BCUT2D eigenvalue weighted by Gasteiger charge is -2.22. The van der Waals surface area contributed by atoms with Gasteiger partial charge in [0.25, 0.3) is 0 Å². The van der Waals surface area contributed by atoms with E-state index in [0.717, 1.165) is 5.56 Å². The van der Waals surface area contributed by atoms with E-state index in [1.807, 2.05) is 30.3 Å². The minimum atomic E-state index is -1.21. The van der Waals surface area contributed by atoms with Crippen molar-refractivity contribution in [1.82, 2.24) is 15.1 Å². The first kappa shape index (κ1) is 18.8. The Labute approximate surface area is 150 Å². The van der Waals surface area contributed by atoms with Crippen molar-refractivity contribution in [3.05, 3.63) is 52.3 Å². The first-order valence-corrected chi connectivity index (χ1v) is 8.10. The number of ether oxygens (including phenoxy) is 1. The van der Waals surface area contributed by atoms with Crippen LogP contribution in [0.4, 0.5) is 4.79 Å². The molecule has 2 aromatic rings. The highest BCUT2D eigenvalue weighted by atomic mass is 35.5. The molecule has 0 radical (unpaired) electrons. The van der Waals surface area contributed by atoms with Crippen molar-refractivity contribution in [3.63, 3.8) is 0 Å². The van der Waals surface area contributed by atoms with Gasteiger partial charge in [0, 0.05) is 0 Å². The van der Waals surface area contributed by atoms with Crippen LogP contribution in [-0.4, -0.2) is 33.0 Å². The molecule has 1 aromatic carbocycles. The number of nitrogens with one attached hydrogen (secondary N) is 1. The van der Waals surface area contributed by atoms with Gasteiger partial charge in [-0.1, -0.05) is 41.9 Å². The number of hydrogen-bond acceptors (Lipinski definition) is 4. The highest BCUT2D eigenvalue weighted by Crippen LogP contribution is 2.23. The predicted octanol–water partition coefficient (Wildman–Crippen LogP) is 3.09. The van der Waals surface area contributed by atoms with Crippen LogP contribution in [0.5, 0.6) is 0 Å². The van der Waals surface area contributed by atoms with Crippen LogP contribution < -0.4 is 5.32 Å². The molecule has 1 aromatic heterocycles. The maximum atomic E-state index is 12.0. The number of aliphatic carboxylic acids is 1.